The number of rotatable bonds is 2. The van der Waals surface area contributed by atoms with Crippen LogP contribution in [0.5, 0.6) is 0 Å². The van der Waals surface area contributed by atoms with Crippen LogP contribution in [0.15, 0.2) is 18.2 Å². The van der Waals surface area contributed by atoms with Gasteiger partial charge in [-0.1, -0.05) is 24.4 Å². The van der Waals surface area contributed by atoms with Crippen molar-refractivity contribution >= 4 is 17.5 Å². The Kier molecular flexibility index (Phi) is 4.19. The lowest BCUT2D eigenvalue weighted by Crippen LogP contribution is -2.45. The second-order valence-electron chi connectivity index (χ2n) is 4.56. The van der Waals surface area contributed by atoms with Crippen molar-refractivity contribution in [2.24, 2.45) is 0 Å². The fourth-order valence-corrected chi connectivity index (χ4v) is 2.45. The highest BCUT2D eigenvalue weighted by Gasteiger charge is 2.25. The van der Waals surface area contributed by atoms with Crippen LogP contribution in [0.3, 0.4) is 0 Å². The molecular formula is C13H15ClFNO2. The molecule has 2 rings (SSSR count). The quantitative estimate of drug-likeness (QED) is 0.868. The van der Waals surface area contributed by atoms with E-state index in [2.05, 4.69) is 5.32 Å². The van der Waals surface area contributed by atoms with E-state index >= 15 is 0 Å². The summed E-state index contributed by atoms with van der Waals surface area (Å²) in [5, 5.41) is 12.6. The summed E-state index contributed by atoms with van der Waals surface area (Å²) in [6, 6.07) is 3.40. The number of carbonyl (C=O) groups excluding carboxylic acids is 1. The van der Waals surface area contributed by atoms with Gasteiger partial charge < -0.3 is 10.4 Å². The van der Waals surface area contributed by atoms with Crippen LogP contribution in [0.1, 0.15) is 36.0 Å². The first-order valence-electron chi connectivity index (χ1n) is 6.02. The van der Waals surface area contributed by atoms with Crippen LogP contribution in [0.4, 0.5) is 4.39 Å². The summed E-state index contributed by atoms with van der Waals surface area (Å²) in [4.78, 5) is 12.0. The average molecular weight is 272 g/mol. The number of amides is 1. The van der Waals surface area contributed by atoms with Gasteiger partial charge in [0.15, 0.2) is 0 Å². The standard InChI is InChI=1S/C13H15ClFNO2/c14-10-7-8(15)5-6-9(10)13(18)16-11-3-1-2-4-12(11)17/h5-7,11-12,17H,1-4H2,(H,16,18)/t11-,12-/m0/s1. The Morgan fingerprint density at radius 1 is 1.39 bits per heavy atom. The molecule has 0 heterocycles. The van der Waals surface area contributed by atoms with Gasteiger partial charge >= 0.3 is 0 Å². The fraction of sp³-hybridized carbons (Fsp3) is 0.462. The van der Waals surface area contributed by atoms with E-state index in [1.165, 1.54) is 12.1 Å². The third-order valence-electron chi connectivity index (χ3n) is 3.22. The zero-order valence-corrected chi connectivity index (χ0v) is 10.6. The highest BCUT2D eigenvalue weighted by molar-refractivity contribution is 6.33. The molecule has 5 heteroatoms. The number of carbonyl (C=O) groups is 1. The average Bonchev–Trinajstić information content (AvgIpc) is 2.32. The molecule has 1 saturated carbocycles. The Balaban J connectivity index is 2.07. The molecule has 18 heavy (non-hydrogen) atoms. The number of halogens is 2. The molecule has 2 atom stereocenters. The van der Waals surface area contributed by atoms with Gasteiger partial charge in [-0.05, 0) is 31.0 Å². The van der Waals surface area contributed by atoms with Crippen LogP contribution in [-0.2, 0) is 0 Å². The van der Waals surface area contributed by atoms with Crippen LogP contribution in [-0.4, -0.2) is 23.2 Å². The number of hydrogen-bond acceptors (Lipinski definition) is 2. The molecule has 3 nitrogen and oxygen atoms in total. The number of hydrogen-bond donors (Lipinski definition) is 2. The normalized spacial score (nSPS) is 23.7. The first kappa shape index (κ1) is 13.3. The van der Waals surface area contributed by atoms with Crippen LogP contribution in [0, 0.1) is 5.82 Å². The van der Waals surface area contributed by atoms with Gasteiger partial charge in [-0.3, -0.25) is 4.79 Å². The lowest BCUT2D eigenvalue weighted by molar-refractivity contribution is 0.0717. The van der Waals surface area contributed by atoms with Crippen molar-refractivity contribution in [3.8, 4) is 0 Å². The first-order chi connectivity index (χ1) is 8.58. The Morgan fingerprint density at radius 3 is 2.78 bits per heavy atom. The van der Waals surface area contributed by atoms with Gasteiger partial charge in [0, 0.05) is 0 Å². The van der Waals surface area contributed by atoms with Crippen molar-refractivity contribution in [1.82, 2.24) is 5.32 Å². The van der Waals surface area contributed by atoms with Gasteiger partial charge in [0.2, 0.25) is 0 Å². The third kappa shape index (κ3) is 3.00. The second kappa shape index (κ2) is 5.67. The second-order valence-corrected chi connectivity index (χ2v) is 4.96. The highest BCUT2D eigenvalue weighted by Crippen LogP contribution is 2.21. The summed E-state index contributed by atoms with van der Waals surface area (Å²) in [5.74, 6) is -0.847. The van der Waals surface area contributed by atoms with Crippen molar-refractivity contribution in [3.05, 3.63) is 34.6 Å². The topological polar surface area (TPSA) is 49.3 Å². The largest absolute Gasteiger partial charge is 0.391 e. The number of aliphatic hydroxyl groups excluding tert-OH is 1. The Labute approximate surface area is 110 Å². The van der Waals surface area contributed by atoms with E-state index in [1.54, 1.807) is 0 Å². The van der Waals surface area contributed by atoms with E-state index in [0.29, 0.717) is 6.42 Å². The van der Waals surface area contributed by atoms with Gasteiger partial charge in [-0.15, -0.1) is 0 Å². The molecule has 0 saturated heterocycles. The highest BCUT2D eigenvalue weighted by atomic mass is 35.5. The summed E-state index contributed by atoms with van der Waals surface area (Å²) >= 11 is 5.82. The lowest BCUT2D eigenvalue weighted by atomic mass is 9.92. The number of benzene rings is 1. The molecule has 1 aromatic rings. The molecule has 0 bridgehead atoms. The molecule has 0 aliphatic heterocycles. The van der Waals surface area contributed by atoms with Gasteiger partial charge in [0.1, 0.15) is 5.82 Å². The van der Waals surface area contributed by atoms with Crippen molar-refractivity contribution in [2.75, 3.05) is 0 Å². The van der Waals surface area contributed by atoms with Crippen molar-refractivity contribution in [2.45, 2.75) is 37.8 Å². The van der Waals surface area contributed by atoms with Gasteiger partial charge in [0.25, 0.3) is 5.91 Å². The van der Waals surface area contributed by atoms with Crippen molar-refractivity contribution in [3.63, 3.8) is 0 Å². The van der Waals surface area contributed by atoms with E-state index < -0.39 is 11.9 Å². The van der Waals surface area contributed by atoms with Crippen LogP contribution in [0.2, 0.25) is 5.02 Å². The monoisotopic (exact) mass is 271 g/mol. The zero-order valence-electron chi connectivity index (χ0n) is 9.83. The summed E-state index contributed by atoms with van der Waals surface area (Å²) in [5.41, 5.74) is 0.232. The van der Waals surface area contributed by atoms with E-state index in [1.807, 2.05) is 0 Å². The van der Waals surface area contributed by atoms with Crippen LogP contribution < -0.4 is 5.32 Å². The molecular weight excluding hydrogens is 257 g/mol. The fourth-order valence-electron chi connectivity index (χ4n) is 2.20. The van der Waals surface area contributed by atoms with Crippen molar-refractivity contribution < 1.29 is 14.3 Å². The molecule has 0 unspecified atom stereocenters. The minimum atomic E-state index is -0.512. The van der Waals surface area contributed by atoms with E-state index in [0.717, 1.165) is 25.3 Å². The van der Waals surface area contributed by atoms with E-state index in [-0.39, 0.29) is 22.5 Å². The van der Waals surface area contributed by atoms with Gasteiger partial charge in [0.05, 0.1) is 22.7 Å². The summed E-state index contributed by atoms with van der Waals surface area (Å²) in [6.07, 6.45) is 2.90. The van der Waals surface area contributed by atoms with Crippen molar-refractivity contribution in [1.29, 1.82) is 0 Å². The van der Waals surface area contributed by atoms with E-state index in [4.69, 9.17) is 11.6 Å². The Morgan fingerprint density at radius 2 is 2.11 bits per heavy atom. The predicted molar refractivity (Wildman–Crippen MR) is 67.1 cm³/mol. The molecule has 0 radical (unpaired) electrons. The van der Waals surface area contributed by atoms with Gasteiger partial charge in [-0.25, -0.2) is 4.39 Å². The minimum Gasteiger partial charge on any atom is -0.391 e. The van der Waals surface area contributed by atoms with E-state index in [9.17, 15) is 14.3 Å². The molecule has 1 aliphatic rings. The first-order valence-corrected chi connectivity index (χ1v) is 6.39. The Hall–Kier alpha value is -1.13. The number of nitrogens with one attached hydrogen (secondary N) is 1. The summed E-state index contributed by atoms with van der Waals surface area (Å²) in [6.45, 7) is 0. The molecule has 1 aromatic carbocycles. The molecule has 1 amide bonds. The molecule has 1 aliphatic carbocycles. The molecule has 2 N–H and O–H groups in total. The van der Waals surface area contributed by atoms with Crippen LogP contribution >= 0.6 is 11.6 Å². The SMILES string of the molecule is O=C(N[C@H]1CCCC[C@@H]1O)c1ccc(F)cc1Cl. The smallest absolute Gasteiger partial charge is 0.253 e. The molecule has 0 spiro atoms. The lowest BCUT2D eigenvalue weighted by Gasteiger charge is -2.28. The maximum absolute atomic E-state index is 12.9. The predicted octanol–water partition coefficient (Wildman–Crippen LogP) is 2.51. The molecule has 98 valence electrons. The minimum absolute atomic E-state index is 0.0813. The maximum atomic E-state index is 12.9. The number of aliphatic hydroxyl groups is 1. The van der Waals surface area contributed by atoms with Crippen LogP contribution in [0.25, 0.3) is 0 Å². The summed E-state index contributed by atoms with van der Waals surface area (Å²) < 4.78 is 12.9. The Bertz CT molecular complexity index is 453. The maximum Gasteiger partial charge on any atom is 0.253 e. The third-order valence-corrected chi connectivity index (χ3v) is 3.53. The molecule has 1 fully saturated rings. The zero-order chi connectivity index (χ0) is 13.1. The van der Waals surface area contributed by atoms with Gasteiger partial charge in [-0.2, -0.15) is 0 Å². The molecule has 0 aromatic heterocycles. The summed E-state index contributed by atoms with van der Waals surface area (Å²) in [7, 11) is 0.